The zero-order valence-electron chi connectivity index (χ0n) is 25.4. The zero-order valence-corrected chi connectivity index (χ0v) is 25.4. The fourth-order valence-electron chi connectivity index (χ4n) is 5.01. The van der Waals surface area contributed by atoms with Gasteiger partial charge in [0, 0.05) is 20.7 Å². The summed E-state index contributed by atoms with van der Waals surface area (Å²) in [4.78, 5) is 30.4. The van der Waals surface area contributed by atoms with Gasteiger partial charge in [0.1, 0.15) is 37.1 Å². The normalized spacial score (nSPS) is 18.2. The maximum Gasteiger partial charge on any atom is 0.245 e. The van der Waals surface area contributed by atoms with Crippen molar-refractivity contribution in [3.63, 3.8) is 0 Å². The smallest absolute Gasteiger partial charge is 0.245 e. The van der Waals surface area contributed by atoms with E-state index >= 15 is 0 Å². The number of nitrogens with zero attached hydrogens (tertiary/aromatic N) is 2. The lowest BCUT2D eigenvalue weighted by atomic mass is 9.93. The molecule has 11 heteroatoms. The Hall–Kier alpha value is -1.94. The fraction of sp³-hybridized carbons (Fsp3) is 0.857. The highest BCUT2D eigenvalue weighted by molar-refractivity contribution is 5.90. The molecule has 0 aromatic carbocycles. The molecule has 0 fully saturated rings. The molecule has 11 nitrogen and oxygen atoms in total. The molecule has 8 atom stereocenters. The molecule has 8 unspecified atom stereocenters. The minimum Gasteiger partial charge on any atom is -0.444 e. The Morgan fingerprint density at radius 3 is 1.87 bits per heavy atom. The molecule has 0 aromatic rings. The molecule has 0 rings (SSSR count). The van der Waals surface area contributed by atoms with Gasteiger partial charge in [0.2, 0.25) is 11.8 Å². The summed E-state index contributed by atoms with van der Waals surface area (Å²) < 4.78 is 10.2. The first-order valence-corrected chi connectivity index (χ1v) is 13.7. The molecule has 39 heavy (non-hydrogen) atoms. The van der Waals surface area contributed by atoms with Crippen LogP contribution in [0, 0.1) is 30.3 Å². The van der Waals surface area contributed by atoms with Gasteiger partial charge in [-0.2, -0.15) is 0 Å². The lowest BCUT2D eigenvalue weighted by Gasteiger charge is -2.39. The molecular weight excluding hydrogens is 506 g/mol. The SMILES string of the molecule is C#COCC(O)C(O)C(O)C(O)CN(C)C(C(=O)NC(C(=O)N(C)C(C(C)C)C(CC)OC)C(C)C)C(C)C. The second-order valence-corrected chi connectivity index (χ2v) is 11.3. The van der Waals surface area contributed by atoms with Crippen LogP contribution in [-0.2, 0) is 19.1 Å². The molecule has 0 heterocycles. The number of aliphatic hydroxyl groups excluding tert-OH is 4. The molecule has 0 radical (unpaired) electrons. The van der Waals surface area contributed by atoms with E-state index in [1.807, 2.05) is 54.6 Å². The Morgan fingerprint density at radius 2 is 1.46 bits per heavy atom. The van der Waals surface area contributed by atoms with Crippen LogP contribution < -0.4 is 5.32 Å². The third-order valence-electron chi connectivity index (χ3n) is 7.12. The summed E-state index contributed by atoms with van der Waals surface area (Å²) in [6.45, 7) is 12.8. The molecule has 0 bridgehead atoms. The summed E-state index contributed by atoms with van der Waals surface area (Å²) in [5, 5.41) is 43.9. The number of terminal acetylenes is 1. The summed E-state index contributed by atoms with van der Waals surface area (Å²) in [5.74, 6) is -0.925. The molecular formula is C28H53N3O8. The van der Waals surface area contributed by atoms with E-state index in [1.54, 1.807) is 31.0 Å². The number of likely N-dealkylation sites (N-methyl/N-ethyl adjacent to an activating group) is 2. The van der Waals surface area contributed by atoms with Crippen molar-refractivity contribution >= 4 is 11.8 Å². The number of carbonyl (C=O) groups is 2. The summed E-state index contributed by atoms with van der Waals surface area (Å²) in [6.07, 6.45) is 0.922. The van der Waals surface area contributed by atoms with Crippen molar-refractivity contribution in [1.29, 1.82) is 0 Å². The van der Waals surface area contributed by atoms with Crippen molar-refractivity contribution in [2.45, 2.75) is 104 Å². The highest BCUT2D eigenvalue weighted by atomic mass is 16.5. The van der Waals surface area contributed by atoms with Crippen LogP contribution in [0.5, 0.6) is 0 Å². The maximum absolute atomic E-state index is 13.6. The van der Waals surface area contributed by atoms with Crippen molar-refractivity contribution in [1.82, 2.24) is 15.1 Å². The number of rotatable bonds is 18. The Balaban J connectivity index is 5.70. The van der Waals surface area contributed by atoms with Crippen LogP contribution in [-0.4, -0.2) is 125 Å². The van der Waals surface area contributed by atoms with Crippen LogP contribution in [0.4, 0.5) is 0 Å². The fourth-order valence-corrected chi connectivity index (χ4v) is 5.01. The van der Waals surface area contributed by atoms with Gasteiger partial charge in [-0.25, -0.2) is 0 Å². The van der Waals surface area contributed by atoms with E-state index in [2.05, 4.69) is 10.1 Å². The van der Waals surface area contributed by atoms with E-state index in [0.717, 1.165) is 6.42 Å². The number of hydrogen-bond acceptors (Lipinski definition) is 9. The third-order valence-corrected chi connectivity index (χ3v) is 7.12. The predicted molar refractivity (Wildman–Crippen MR) is 149 cm³/mol. The number of aliphatic hydroxyl groups is 4. The largest absolute Gasteiger partial charge is 0.444 e. The van der Waals surface area contributed by atoms with E-state index < -0.39 is 49.0 Å². The van der Waals surface area contributed by atoms with E-state index in [1.165, 1.54) is 0 Å². The Morgan fingerprint density at radius 1 is 0.923 bits per heavy atom. The van der Waals surface area contributed by atoms with E-state index in [9.17, 15) is 30.0 Å². The van der Waals surface area contributed by atoms with Gasteiger partial charge in [-0.05, 0) is 31.2 Å². The summed E-state index contributed by atoms with van der Waals surface area (Å²) in [5.41, 5.74) is 0. The third kappa shape index (κ3) is 10.9. The van der Waals surface area contributed by atoms with E-state index in [-0.39, 0.29) is 42.4 Å². The minimum atomic E-state index is -1.72. The van der Waals surface area contributed by atoms with Gasteiger partial charge >= 0.3 is 0 Å². The molecule has 0 spiro atoms. The van der Waals surface area contributed by atoms with Crippen LogP contribution in [0.2, 0.25) is 0 Å². The highest BCUT2D eigenvalue weighted by Crippen LogP contribution is 2.21. The molecule has 2 amide bonds. The first-order chi connectivity index (χ1) is 18.1. The van der Waals surface area contributed by atoms with E-state index in [0.29, 0.717) is 0 Å². The van der Waals surface area contributed by atoms with E-state index in [4.69, 9.17) is 11.2 Å². The monoisotopic (exact) mass is 559 g/mol. The molecule has 0 saturated heterocycles. The van der Waals surface area contributed by atoms with Gasteiger partial charge in [-0.1, -0.05) is 54.9 Å². The van der Waals surface area contributed by atoms with Crippen molar-refractivity contribution < 1.29 is 39.5 Å². The van der Waals surface area contributed by atoms with Crippen molar-refractivity contribution in [3.8, 4) is 12.5 Å². The number of amides is 2. The average Bonchev–Trinajstić information content (AvgIpc) is 2.86. The van der Waals surface area contributed by atoms with Crippen molar-refractivity contribution in [2.24, 2.45) is 17.8 Å². The Bertz CT molecular complexity index is 768. The number of hydrogen-bond donors (Lipinski definition) is 5. The van der Waals surface area contributed by atoms with Crippen LogP contribution in [0.1, 0.15) is 54.9 Å². The zero-order chi connectivity index (χ0) is 30.6. The van der Waals surface area contributed by atoms with Crippen LogP contribution >= 0.6 is 0 Å². The highest BCUT2D eigenvalue weighted by Gasteiger charge is 2.38. The molecule has 0 aliphatic rings. The quantitative estimate of drug-likeness (QED) is 0.147. The summed E-state index contributed by atoms with van der Waals surface area (Å²) in [6, 6.07) is -1.74. The molecule has 0 aliphatic carbocycles. The number of nitrogens with one attached hydrogen (secondary N) is 1. The standard InChI is InChI=1S/C28H53N3O8/c1-12-21(38-11)23(17(5)6)31(10)28(37)22(16(3)4)29-27(36)24(18(7)8)30(9)14-19(32)25(34)26(35)20(33)15-39-13-2/h2,16-26,32-35H,12,14-15H2,1,3-11H3,(H,29,36). The molecule has 5 N–H and O–H groups in total. The van der Waals surface area contributed by atoms with Gasteiger partial charge in [-0.3, -0.25) is 14.5 Å². The Labute approximate surface area is 234 Å². The number of methoxy groups -OCH3 is 1. The second kappa shape index (κ2) is 17.7. The summed E-state index contributed by atoms with van der Waals surface area (Å²) in [7, 11) is 4.96. The first kappa shape index (κ1) is 37.1. The van der Waals surface area contributed by atoms with Gasteiger partial charge in [0.15, 0.2) is 0 Å². The minimum absolute atomic E-state index is 0.127. The van der Waals surface area contributed by atoms with Crippen LogP contribution in [0.15, 0.2) is 0 Å². The average molecular weight is 560 g/mol. The van der Waals surface area contributed by atoms with Gasteiger partial charge < -0.3 is 40.1 Å². The molecule has 228 valence electrons. The van der Waals surface area contributed by atoms with Gasteiger partial charge in [-0.15, -0.1) is 0 Å². The predicted octanol–water partition coefficient (Wildman–Crippen LogP) is 0.0425. The first-order valence-electron chi connectivity index (χ1n) is 13.7. The molecule has 0 aliphatic heterocycles. The number of carbonyl (C=O) groups excluding carboxylic acids is 2. The van der Waals surface area contributed by atoms with Crippen LogP contribution in [0.3, 0.4) is 0 Å². The lowest BCUT2D eigenvalue weighted by molar-refractivity contribution is -0.144. The molecule has 0 aromatic heterocycles. The number of ether oxygens (including phenoxy) is 2. The topological polar surface area (TPSA) is 152 Å². The van der Waals surface area contributed by atoms with Gasteiger partial charge in [0.05, 0.1) is 24.3 Å². The van der Waals surface area contributed by atoms with Crippen LogP contribution in [0.25, 0.3) is 0 Å². The van der Waals surface area contributed by atoms with Crippen molar-refractivity contribution in [2.75, 3.05) is 34.4 Å². The molecule has 0 saturated carbocycles. The second-order valence-electron chi connectivity index (χ2n) is 11.3. The van der Waals surface area contributed by atoms with Crippen molar-refractivity contribution in [3.05, 3.63) is 0 Å². The maximum atomic E-state index is 13.6. The van der Waals surface area contributed by atoms with Gasteiger partial charge in [0.25, 0.3) is 0 Å². The lowest BCUT2D eigenvalue weighted by Crippen LogP contribution is -2.60. The summed E-state index contributed by atoms with van der Waals surface area (Å²) >= 11 is 0. The Kier molecular flexibility index (Phi) is 16.8.